The van der Waals surface area contributed by atoms with E-state index in [1.54, 1.807) is 13.0 Å². The third kappa shape index (κ3) is 2.98. The normalized spacial score (nSPS) is 15.9. The molecule has 0 radical (unpaired) electrons. The first kappa shape index (κ1) is 12.4. The van der Waals surface area contributed by atoms with Crippen molar-refractivity contribution in [1.29, 1.82) is 0 Å². The van der Waals surface area contributed by atoms with Crippen molar-refractivity contribution in [2.24, 2.45) is 5.92 Å². The highest BCUT2D eigenvalue weighted by Crippen LogP contribution is 2.29. The average molecular weight is 254 g/mol. The highest BCUT2D eigenvalue weighted by atomic mass is 32.2. The zero-order valence-corrected chi connectivity index (χ0v) is 11.0. The Balaban J connectivity index is 2.22. The molecule has 1 aliphatic rings. The third-order valence-corrected chi connectivity index (χ3v) is 4.59. The quantitative estimate of drug-likeness (QED) is 0.841. The lowest BCUT2D eigenvalue weighted by atomic mass is 10.2. The molecule has 0 saturated heterocycles. The molecule has 1 aromatic carbocycles. The fourth-order valence-corrected chi connectivity index (χ4v) is 2.69. The van der Waals surface area contributed by atoms with E-state index in [0.717, 1.165) is 23.7 Å². The summed E-state index contributed by atoms with van der Waals surface area (Å²) in [4.78, 5) is 0.348. The second-order valence-corrected chi connectivity index (χ2v) is 6.37. The van der Waals surface area contributed by atoms with Crippen LogP contribution in [0.15, 0.2) is 23.1 Å². The van der Waals surface area contributed by atoms with Crippen molar-refractivity contribution < 1.29 is 8.42 Å². The number of anilines is 1. The number of aryl methyl sites for hydroxylation is 1. The lowest BCUT2D eigenvalue weighted by Gasteiger charge is -2.10. The molecule has 1 saturated carbocycles. The number of sulfonamides is 1. The second-order valence-electron chi connectivity index (χ2n) is 4.51. The Hall–Kier alpha value is -1.07. The van der Waals surface area contributed by atoms with Gasteiger partial charge in [-0.15, -0.1) is 0 Å². The average Bonchev–Trinajstić information content (AvgIpc) is 3.11. The van der Waals surface area contributed by atoms with Crippen molar-refractivity contribution in [3.05, 3.63) is 23.8 Å². The molecule has 1 aliphatic carbocycles. The molecule has 0 bridgehead atoms. The number of benzene rings is 1. The summed E-state index contributed by atoms with van der Waals surface area (Å²) in [5.41, 5.74) is 1.63. The van der Waals surface area contributed by atoms with Crippen molar-refractivity contribution in [2.75, 3.05) is 18.9 Å². The van der Waals surface area contributed by atoms with Crippen LogP contribution in [0.2, 0.25) is 0 Å². The van der Waals surface area contributed by atoms with Gasteiger partial charge in [0.1, 0.15) is 0 Å². The summed E-state index contributed by atoms with van der Waals surface area (Å²) >= 11 is 0. The van der Waals surface area contributed by atoms with Gasteiger partial charge in [-0.3, -0.25) is 0 Å². The summed E-state index contributed by atoms with van der Waals surface area (Å²) in [5.74, 6) is 0.765. The predicted octanol–water partition coefficient (Wildman–Crippen LogP) is 1.73. The number of hydrogen-bond donors (Lipinski definition) is 2. The smallest absolute Gasteiger partial charge is 0.240 e. The second kappa shape index (κ2) is 4.66. The fraction of sp³-hybridized carbons (Fsp3) is 0.500. The Morgan fingerprint density at radius 2 is 2.06 bits per heavy atom. The van der Waals surface area contributed by atoms with Gasteiger partial charge < -0.3 is 5.32 Å². The first-order chi connectivity index (χ1) is 8.03. The van der Waals surface area contributed by atoms with Crippen LogP contribution in [0.4, 0.5) is 5.69 Å². The molecule has 0 amide bonds. The largest absolute Gasteiger partial charge is 0.385 e. The monoisotopic (exact) mass is 254 g/mol. The van der Waals surface area contributed by atoms with Crippen molar-refractivity contribution in [1.82, 2.24) is 4.72 Å². The molecule has 4 nitrogen and oxygen atoms in total. The minimum Gasteiger partial charge on any atom is -0.385 e. The molecule has 0 aromatic heterocycles. The molecule has 2 N–H and O–H groups in total. The summed E-state index contributed by atoms with van der Waals surface area (Å²) in [6, 6.07) is 5.45. The van der Waals surface area contributed by atoms with E-state index in [1.165, 1.54) is 19.9 Å². The molecule has 0 heterocycles. The van der Waals surface area contributed by atoms with E-state index < -0.39 is 10.0 Å². The SMILES string of the molecule is CNS(=O)(=O)c1cc(NCC2CC2)ccc1C. The van der Waals surface area contributed by atoms with E-state index in [0.29, 0.717) is 4.90 Å². The number of nitrogens with one attached hydrogen (secondary N) is 2. The van der Waals surface area contributed by atoms with Crippen LogP contribution in [0.3, 0.4) is 0 Å². The Labute approximate surface area is 102 Å². The van der Waals surface area contributed by atoms with Gasteiger partial charge in [-0.2, -0.15) is 0 Å². The summed E-state index contributed by atoms with van der Waals surface area (Å²) in [6.45, 7) is 2.73. The van der Waals surface area contributed by atoms with E-state index in [9.17, 15) is 8.42 Å². The summed E-state index contributed by atoms with van der Waals surface area (Å²) < 4.78 is 25.9. The zero-order chi connectivity index (χ0) is 12.5. The summed E-state index contributed by atoms with van der Waals surface area (Å²) in [5, 5.41) is 3.28. The van der Waals surface area contributed by atoms with Crippen LogP contribution >= 0.6 is 0 Å². The Bertz CT molecular complexity index is 507. The predicted molar refractivity (Wildman–Crippen MR) is 68.6 cm³/mol. The van der Waals surface area contributed by atoms with Crippen LogP contribution in [-0.4, -0.2) is 22.0 Å². The van der Waals surface area contributed by atoms with Gasteiger partial charge in [0, 0.05) is 12.2 Å². The van der Waals surface area contributed by atoms with Gasteiger partial charge in [0.05, 0.1) is 4.90 Å². The maximum absolute atomic E-state index is 11.8. The van der Waals surface area contributed by atoms with Gasteiger partial charge in [0.2, 0.25) is 10.0 Å². The van der Waals surface area contributed by atoms with E-state index in [4.69, 9.17) is 0 Å². The maximum atomic E-state index is 11.8. The topological polar surface area (TPSA) is 58.2 Å². The van der Waals surface area contributed by atoms with Gasteiger partial charge in [0.25, 0.3) is 0 Å². The lowest BCUT2D eigenvalue weighted by Crippen LogP contribution is -2.19. The minimum atomic E-state index is -3.36. The molecule has 94 valence electrons. The van der Waals surface area contributed by atoms with E-state index >= 15 is 0 Å². The standard InChI is InChI=1S/C12H18N2O2S/c1-9-3-6-11(14-8-10-4-5-10)7-12(9)17(15,16)13-2/h3,6-7,10,13-14H,4-5,8H2,1-2H3. The molecule has 1 fully saturated rings. The molecule has 0 spiro atoms. The Morgan fingerprint density at radius 3 is 2.65 bits per heavy atom. The Kier molecular flexibility index (Phi) is 3.40. The molecule has 5 heteroatoms. The van der Waals surface area contributed by atoms with Crippen LogP contribution in [0.1, 0.15) is 18.4 Å². The van der Waals surface area contributed by atoms with Gasteiger partial charge in [-0.1, -0.05) is 6.07 Å². The van der Waals surface area contributed by atoms with E-state index in [2.05, 4.69) is 10.0 Å². The van der Waals surface area contributed by atoms with Crippen molar-refractivity contribution in [3.63, 3.8) is 0 Å². The first-order valence-corrected chi connectivity index (χ1v) is 7.29. The minimum absolute atomic E-state index is 0.348. The van der Waals surface area contributed by atoms with Gasteiger partial charge >= 0.3 is 0 Å². The molecular weight excluding hydrogens is 236 g/mol. The van der Waals surface area contributed by atoms with Crippen molar-refractivity contribution in [2.45, 2.75) is 24.7 Å². The molecule has 0 aliphatic heterocycles. The third-order valence-electron chi connectivity index (χ3n) is 3.04. The molecule has 0 unspecified atom stereocenters. The van der Waals surface area contributed by atoms with Gasteiger partial charge in [-0.25, -0.2) is 13.1 Å². The zero-order valence-electron chi connectivity index (χ0n) is 10.2. The van der Waals surface area contributed by atoms with Crippen molar-refractivity contribution >= 4 is 15.7 Å². The first-order valence-electron chi connectivity index (χ1n) is 5.81. The Morgan fingerprint density at radius 1 is 1.35 bits per heavy atom. The molecular formula is C12H18N2O2S. The highest BCUT2D eigenvalue weighted by molar-refractivity contribution is 7.89. The number of hydrogen-bond acceptors (Lipinski definition) is 3. The maximum Gasteiger partial charge on any atom is 0.240 e. The number of rotatable bonds is 5. The van der Waals surface area contributed by atoms with E-state index in [-0.39, 0.29) is 0 Å². The van der Waals surface area contributed by atoms with Crippen LogP contribution in [0.25, 0.3) is 0 Å². The molecule has 0 atom stereocenters. The van der Waals surface area contributed by atoms with Crippen LogP contribution in [0.5, 0.6) is 0 Å². The van der Waals surface area contributed by atoms with Gasteiger partial charge in [0.15, 0.2) is 0 Å². The summed E-state index contributed by atoms with van der Waals surface area (Å²) in [6.07, 6.45) is 2.56. The fourth-order valence-electron chi connectivity index (χ4n) is 1.69. The lowest BCUT2D eigenvalue weighted by molar-refractivity contribution is 0.587. The van der Waals surface area contributed by atoms with Crippen LogP contribution < -0.4 is 10.0 Å². The molecule has 1 aromatic rings. The van der Waals surface area contributed by atoms with E-state index in [1.807, 2.05) is 12.1 Å². The molecule has 17 heavy (non-hydrogen) atoms. The van der Waals surface area contributed by atoms with Crippen LogP contribution in [-0.2, 0) is 10.0 Å². The van der Waals surface area contributed by atoms with Crippen LogP contribution in [0, 0.1) is 12.8 Å². The summed E-state index contributed by atoms with van der Waals surface area (Å²) in [7, 11) is -1.93. The van der Waals surface area contributed by atoms with Gasteiger partial charge in [-0.05, 0) is 50.4 Å². The highest BCUT2D eigenvalue weighted by Gasteiger charge is 2.21. The van der Waals surface area contributed by atoms with Crippen molar-refractivity contribution in [3.8, 4) is 0 Å². The molecule has 2 rings (SSSR count).